The van der Waals surface area contributed by atoms with Crippen molar-refractivity contribution in [2.45, 2.75) is 31.7 Å². The second-order valence-electron chi connectivity index (χ2n) is 3.95. The van der Waals surface area contributed by atoms with E-state index in [0.29, 0.717) is 6.61 Å². The Kier molecular flexibility index (Phi) is 6.05. The summed E-state index contributed by atoms with van der Waals surface area (Å²) >= 11 is 0. The Balaban J connectivity index is 2.07. The van der Waals surface area contributed by atoms with E-state index in [1.807, 2.05) is 0 Å². The molecule has 2 heteroatoms. The van der Waals surface area contributed by atoms with Gasteiger partial charge in [0, 0.05) is 13.2 Å². The molecule has 0 aliphatic rings. The van der Waals surface area contributed by atoms with Crippen LogP contribution in [-0.4, -0.2) is 19.8 Å². The molecule has 1 atom stereocenters. The molecule has 1 rings (SSSR count). The molecule has 2 nitrogen and oxygen atoms in total. The molecule has 0 radical (unpaired) electrons. The fourth-order valence-electron chi connectivity index (χ4n) is 1.68. The number of aryl methyl sites for hydroxylation is 1. The summed E-state index contributed by atoms with van der Waals surface area (Å²) in [5.41, 5.74) is 7.25. The van der Waals surface area contributed by atoms with Gasteiger partial charge < -0.3 is 10.5 Å². The second kappa shape index (κ2) is 7.43. The molecule has 0 saturated carbocycles. The zero-order valence-corrected chi connectivity index (χ0v) is 9.49. The van der Waals surface area contributed by atoms with Gasteiger partial charge in [-0.15, -0.1) is 0 Å². The summed E-state index contributed by atoms with van der Waals surface area (Å²) in [6.07, 6.45) is 4.60. The SMILES string of the molecule is COCC(N)CCCCc1ccccc1. The zero-order chi connectivity index (χ0) is 10.9. The first-order valence-corrected chi connectivity index (χ1v) is 5.61. The first kappa shape index (κ1) is 12.2. The number of ether oxygens (including phenoxy) is 1. The molecule has 15 heavy (non-hydrogen) atoms. The van der Waals surface area contributed by atoms with Gasteiger partial charge in [0.25, 0.3) is 0 Å². The van der Waals surface area contributed by atoms with Gasteiger partial charge in [-0.2, -0.15) is 0 Å². The third kappa shape index (κ3) is 5.55. The van der Waals surface area contributed by atoms with Crippen LogP contribution in [0.15, 0.2) is 30.3 Å². The molecule has 1 unspecified atom stereocenters. The monoisotopic (exact) mass is 207 g/mol. The Bertz CT molecular complexity index is 248. The zero-order valence-electron chi connectivity index (χ0n) is 9.49. The third-order valence-corrected chi connectivity index (χ3v) is 2.51. The summed E-state index contributed by atoms with van der Waals surface area (Å²) in [5, 5.41) is 0. The standard InChI is InChI=1S/C13H21NO/c1-15-11-13(14)10-6-5-9-12-7-3-2-4-8-12/h2-4,7-8,13H,5-6,9-11,14H2,1H3. The molecule has 0 bridgehead atoms. The number of methoxy groups -OCH3 is 1. The van der Waals surface area contributed by atoms with E-state index in [0.717, 1.165) is 12.8 Å². The van der Waals surface area contributed by atoms with Gasteiger partial charge in [-0.1, -0.05) is 36.8 Å². The van der Waals surface area contributed by atoms with Crippen LogP contribution in [0.25, 0.3) is 0 Å². The van der Waals surface area contributed by atoms with Gasteiger partial charge in [0.2, 0.25) is 0 Å². The molecule has 1 aromatic carbocycles. The number of hydrogen-bond acceptors (Lipinski definition) is 2. The molecule has 1 aromatic rings. The Labute approximate surface area is 92.4 Å². The lowest BCUT2D eigenvalue weighted by atomic mass is 10.1. The van der Waals surface area contributed by atoms with E-state index in [9.17, 15) is 0 Å². The molecule has 0 heterocycles. The van der Waals surface area contributed by atoms with Gasteiger partial charge in [-0.05, 0) is 24.8 Å². The van der Waals surface area contributed by atoms with E-state index in [4.69, 9.17) is 10.5 Å². The van der Waals surface area contributed by atoms with Crippen LogP contribution in [-0.2, 0) is 11.2 Å². The minimum absolute atomic E-state index is 0.200. The molecule has 84 valence electrons. The highest BCUT2D eigenvalue weighted by molar-refractivity contribution is 5.14. The van der Waals surface area contributed by atoms with E-state index in [-0.39, 0.29) is 6.04 Å². The highest BCUT2D eigenvalue weighted by atomic mass is 16.5. The van der Waals surface area contributed by atoms with E-state index in [2.05, 4.69) is 30.3 Å². The fourth-order valence-corrected chi connectivity index (χ4v) is 1.68. The van der Waals surface area contributed by atoms with Gasteiger partial charge in [-0.3, -0.25) is 0 Å². The Hall–Kier alpha value is -0.860. The molecule has 2 N–H and O–H groups in total. The summed E-state index contributed by atoms with van der Waals surface area (Å²) in [6, 6.07) is 10.8. The molecular formula is C13H21NO. The highest BCUT2D eigenvalue weighted by Crippen LogP contribution is 2.07. The number of rotatable bonds is 7. The summed E-state index contributed by atoms with van der Waals surface area (Å²) in [7, 11) is 1.70. The van der Waals surface area contributed by atoms with Crippen LogP contribution < -0.4 is 5.73 Å². The smallest absolute Gasteiger partial charge is 0.0613 e. The maximum absolute atomic E-state index is 5.84. The van der Waals surface area contributed by atoms with Crippen molar-refractivity contribution < 1.29 is 4.74 Å². The molecule has 0 aromatic heterocycles. The van der Waals surface area contributed by atoms with Gasteiger partial charge in [0.05, 0.1) is 6.61 Å². The van der Waals surface area contributed by atoms with E-state index >= 15 is 0 Å². The molecule has 0 spiro atoms. The van der Waals surface area contributed by atoms with Crippen LogP contribution >= 0.6 is 0 Å². The van der Waals surface area contributed by atoms with Crippen LogP contribution in [0.1, 0.15) is 24.8 Å². The van der Waals surface area contributed by atoms with Crippen molar-refractivity contribution in [3.8, 4) is 0 Å². The van der Waals surface area contributed by atoms with E-state index in [1.54, 1.807) is 7.11 Å². The van der Waals surface area contributed by atoms with Crippen LogP contribution in [0.4, 0.5) is 0 Å². The average molecular weight is 207 g/mol. The van der Waals surface area contributed by atoms with Crippen molar-refractivity contribution in [3.63, 3.8) is 0 Å². The lowest BCUT2D eigenvalue weighted by Gasteiger charge is -2.09. The first-order chi connectivity index (χ1) is 7.33. The van der Waals surface area contributed by atoms with Gasteiger partial charge in [0.1, 0.15) is 0 Å². The predicted octanol–water partition coefficient (Wildman–Crippen LogP) is 2.37. The maximum atomic E-state index is 5.84. The summed E-state index contributed by atoms with van der Waals surface area (Å²) < 4.78 is 4.99. The quantitative estimate of drug-likeness (QED) is 0.697. The van der Waals surface area contributed by atoms with Crippen LogP contribution in [0, 0.1) is 0 Å². The minimum atomic E-state index is 0.200. The Morgan fingerprint density at radius 1 is 1.20 bits per heavy atom. The van der Waals surface area contributed by atoms with Crippen molar-refractivity contribution in [1.82, 2.24) is 0 Å². The van der Waals surface area contributed by atoms with Crippen molar-refractivity contribution in [1.29, 1.82) is 0 Å². The number of hydrogen-bond donors (Lipinski definition) is 1. The Morgan fingerprint density at radius 3 is 2.60 bits per heavy atom. The number of benzene rings is 1. The summed E-state index contributed by atoms with van der Waals surface area (Å²) in [4.78, 5) is 0. The minimum Gasteiger partial charge on any atom is -0.383 e. The van der Waals surface area contributed by atoms with Crippen LogP contribution in [0.3, 0.4) is 0 Å². The Morgan fingerprint density at radius 2 is 1.93 bits per heavy atom. The fraction of sp³-hybridized carbons (Fsp3) is 0.538. The second-order valence-corrected chi connectivity index (χ2v) is 3.95. The van der Waals surface area contributed by atoms with Crippen molar-refractivity contribution >= 4 is 0 Å². The highest BCUT2D eigenvalue weighted by Gasteiger charge is 2.00. The molecule has 0 saturated heterocycles. The molecule has 0 fully saturated rings. The molecule has 0 amide bonds. The first-order valence-electron chi connectivity index (χ1n) is 5.61. The number of unbranched alkanes of at least 4 members (excludes halogenated alkanes) is 1. The largest absolute Gasteiger partial charge is 0.383 e. The van der Waals surface area contributed by atoms with E-state index in [1.165, 1.54) is 18.4 Å². The van der Waals surface area contributed by atoms with Crippen molar-refractivity contribution in [2.75, 3.05) is 13.7 Å². The van der Waals surface area contributed by atoms with Crippen molar-refractivity contribution in [2.24, 2.45) is 5.73 Å². The molecule has 0 aliphatic carbocycles. The van der Waals surface area contributed by atoms with Gasteiger partial charge in [0.15, 0.2) is 0 Å². The van der Waals surface area contributed by atoms with Crippen LogP contribution in [0.5, 0.6) is 0 Å². The lowest BCUT2D eigenvalue weighted by molar-refractivity contribution is 0.176. The van der Waals surface area contributed by atoms with Crippen molar-refractivity contribution in [3.05, 3.63) is 35.9 Å². The van der Waals surface area contributed by atoms with E-state index < -0.39 is 0 Å². The maximum Gasteiger partial charge on any atom is 0.0613 e. The predicted molar refractivity (Wildman–Crippen MR) is 63.8 cm³/mol. The average Bonchev–Trinajstić information content (AvgIpc) is 2.26. The summed E-state index contributed by atoms with van der Waals surface area (Å²) in [5.74, 6) is 0. The third-order valence-electron chi connectivity index (χ3n) is 2.51. The normalized spacial score (nSPS) is 12.7. The van der Waals surface area contributed by atoms with Crippen LogP contribution in [0.2, 0.25) is 0 Å². The summed E-state index contributed by atoms with van der Waals surface area (Å²) in [6.45, 7) is 0.672. The number of nitrogens with two attached hydrogens (primary N) is 1. The lowest BCUT2D eigenvalue weighted by Crippen LogP contribution is -2.25. The van der Waals surface area contributed by atoms with Gasteiger partial charge >= 0.3 is 0 Å². The molecule has 0 aliphatic heterocycles. The molecular weight excluding hydrogens is 186 g/mol. The van der Waals surface area contributed by atoms with Gasteiger partial charge in [-0.25, -0.2) is 0 Å². The topological polar surface area (TPSA) is 35.2 Å².